The van der Waals surface area contributed by atoms with Crippen LogP contribution in [0.3, 0.4) is 0 Å². The molecule has 108 valence electrons. The van der Waals surface area contributed by atoms with Crippen LogP contribution in [0, 0.1) is 0 Å². The molecule has 1 fully saturated rings. The molecule has 6 nitrogen and oxygen atoms in total. The number of amides is 1. The summed E-state index contributed by atoms with van der Waals surface area (Å²) in [6, 6.07) is 0. The average molecular weight is 271 g/mol. The second-order valence-corrected chi connectivity index (χ2v) is 5.63. The van der Waals surface area contributed by atoms with E-state index in [2.05, 4.69) is 0 Å². The number of morpholine rings is 1. The molecule has 1 amide bonds. The molecule has 0 N–H and O–H groups in total. The summed E-state index contributed by atoms with van der Waals surface area (Å²) in [6.07, 6.45) is -1.35. The lowest BCUT2D eigenvalue weighted by atomic mass is 10.1. The predicted octanol–water partition coefficient (Wildman–Crippen LogP) is 1.17. The number of ketones is 2. The number of nitrogens with zero attached hydrogens (tertiary/aromatic N) is 1. The van der Waals surface area contributed by atoms with Gasteiger partial charge in [0.1, 0.15) is 17.5 Å². The molecule has 0 aromatic rings. The van der Waals surface area contributed by atoms with E-state index in [1.807, 2.05) is 0 Å². The Bertz CT molecular complexity index is 372. The lowest BCUT2D eigenvalue weighted by molar-refractivity contribution is -0.138. The quantitative estimate of drug-likeness (QED) is 0.720. The zero-order valence-corrected chi connectivity index (χ0v) is 11.9. The topological polar surface area (TPSA) is 72.9 Å². The van der Waals surface area contributed by atoms with Gasteiger partial charge in [0.05, 0.1) is 19.6 Å². The molecule has 1 saturated heterocycles. The minimum atomic E-state index is -0.731. The molecule has 1 unspecified atom stereocenters. The van der Waals surface area contributed by atoms with E-state index in [-0.39, 0.29) is 31.1 Å². The van der Waals surface area contributed by atoms with Crippen LogP contribution in [0.25, 0.3) is 0 Å². The van der Waals surface area contributed by atoms with Gasteiger partial charge in [-0.3, -0.25) is 9.59 Å². The van der Waals surface area contributed by atoms with E-state index < -0.39 is 17.8 Å². The highest BCUT2D eigenvalue weighted by Crippen LogP contribution is 2.14. The summed E-state index contributed by atoms with van der Waals surface area (Å²) in [6.45, 7) is 7.50. The summed E-state index contributed by atoms with van der Waals surface area (Å²) >= 11 is 0. The Morgan fingerprint density at radius 1 is 1.32 bits per heavy atom. The zero-order valence-electron chi connectivity index (χ0n) is 11.9. The fourth-order valence-corrected chi connectivity index (χ4v) is 1.70. The fourth-order valence-electron chi connectivity index (χ4n) is 1.70. The highest BCUT2D eigenvalue weighted by Gasteiger charge is 2.31. The van der Waals surface area contributed by atoms with Crippen molar-refractivity contribution in [3.05, 3.63) is 0 Å². The van der Waals surface area contributed by atoms with Crippen molar-refractivity contribution in [2.75, 3.05) is 19.7 Å². The number of carbonyl (C=O) groups is 3. The molecule has 1 rings (SSSR count). The Morgan fingerprint density at radius 3 is 2.47 bits per heavy atom. The normalized spacial score (nSPS) is 20.0. The molecule has 1 atom stereocenters. The smallest absolute Gasteiger partial charge is 0.410 e. The third kappa shape index (κ3) is 5.38. The Kier molecular flexibility index (Phi) is 5.05. The summed E-state index contributed by atoms with van der Waals surface area (Å²) in [5.41, 5.74) is -0.575. The molecule has 1 aliphatic heterocycles. The van der Waals surface area contributed by atoms with Crippen LogP contribution >= 0.6 is 0 Å². The number of hydrogen-bond donors (Lipinski definition) is 0. The monoisotopic (exact) mass is 271 g/mol. The van der Waals surface area contributed by atoms with Crippen molar-refractivity contribution in [2.45, 2.75) is 45.8 Å². The molecule has 0 radical (unpaired) electrons. The average Bonchev–Trinajstić information content (AvgIpc) is 2.26. The van der Waals surface area contributed by atoms with E-state index in [1.165, 1.54) is 11.8 Å². The van der Waals surface area contributed by atoms with Crippen molar-refractivity contribution in [3.8, 4) is 0 Å². The lowest BCUT2D eigenvalue weighted by Crippen LogP contribution is -2.50. The molecule has 1 heterocycles. The molecule has 0 aromatic heterocycles. The van der Waals surface area contributed by atoms with Gasteiger partial charge in [-0.05, 0) is 27.7 Å². The fraction of sp³-hybridized carbons (Fsp3) is 0.769. The Morgan fingerprint density at radius 2 is 1.95 bits per heavy atom. The van der Waals surface area contributed by atoms with Crippen LogP contribution in [0.2, 0.25) is 0 Å². The second-order valence-electron chi connectivity index (χ2n) is 5.63. The molecule has 0 aliphatic carbocycles. The van der Waals surface area contributed by atoms with Crippen molar-refractivity contribution in [2.24, 2.45) is 0 Å². The highest BCUT2D eigenvalue weighted by molar-refractivity contribution is 6.00. The summed E-state index contributed by atoms with van der Waals surface area (Å²) in [5, 5.41) is 0. The van der Waals surface area contributed by atoms with E-state index in [4.69, 9.17) is 9.47 Å². The SMILES string of the molecule is CC(=O)CC(=O)C1CN(C(=O)OC(C)(C)C)CCO1. The van der Waals surface area contributed by atoms with Crippen LogP contribution in [0.5, 0.6) is 0 Å². The maximum Gasteiger partial charge on any atom is 0.410 e. The van der Waals surface area contributed by atoms with Gasteiger partial charge in [0.25, 0.3) is 0 Å². The van der Waals surface area contributed by atoms with Gasteiger partial charge < -0.3 is 14.4 Å². The second kappa shape index (κ2) is 6.14. The van der Waals surface area contributed by atoms with Gasteiger partial charge >= 0.3 is 6.09 Å². The van der Waals surface area contributed by atoms with E-state index >= 15 is 0 Å². The summed E-state index contributed by atoms with van der Waals surface area (Å²) < 4.78 is 10.5. The first-order valence-corrected chi connectivity index (χ1v) is 6.31. The molecule has 6 heteroatoms. The van der Waals surface area contributed by atoms with Gasteiger partial charge in [-0.15, -0.1) is 0 Å². The van der Waals surface area contributed by atoms with E-state index in [0.717, 1.165) is 0 Å². The summed E-state index contributed by atoms with van der Waals surface area (Å²) in [4.78, 5) is 36.0. The Hall–Kier alpha value is -1.43. The molecule has 0 bridgehead atoms. The van der Waals surface area contributed by atoms with Crippen molar-refractivity contribution in [1.29, 1.82) is 0 Å². The molecule has 1 aliphatic rings. The Balaban J connectivity index is 2.57. The van der Waals surface area contributed by atoms with Crippen LogP contribution in [0.1, 0.15) is 34.1 Å². The minimum absolute atomic E-state index is 0.140. The first-order chi connectivity index (χ1) is 8.69. The Labute approximate surface area is 113 Å². The molecule has 19 heavy (non-hydrogen) atoms. The van der Waals surface area contributed by atoms with Crippen molar-refractivity contribution >= 4 is 17.7 Å². The van der Waals surface area contributed by atoms with Gasteiger partial charge in [-0.1, -0.05) is 0 Å². The van der Waals surface area contributed by atoms with Gasteiger partial charge in [0.2, 0.25) is 0 Å². The predicted molar refractivity (Wildman–Crippen MR) is 67.9 cm³/mol. The first-order valence-electron chi connectivity index (χ1n) is 6.31. The van der Waals surface area contributed by atoms with Crippen LogP contribution in [0.4, 0.5) is 4.79 Å². The number of Topliss-reactive ketones (excluding diaryl/α,β-unsaturated/α-hetero) is 2. The standard InChI is InChI=1S/C13H21NO5/c1-9(15)7-10(16)11-8-14(5-6-18-11)12(17)19-13(2,3)4/h11H,5-8H2,1-4H3. The number of rotatable bonds is 3. The van der Waals surface area contributed by atoms with Crippen molar-refractivity contribution in [3.63, 3.8) is 0 Å². The zero-order chi connectivity index (χ0) is 14.6. The van der Waals surface area contributed by atoms with Crippen molar-refractivity contribution < 1.29 is 23.9 Å². The van der Waals surface area contributed by atoms with Crippen LogP contribution in [-0.2, 0) is 19.1 Å². The van der Waals surface area contributed by atoms with Gasteiger partial charge in [-0.2, -0.15) is 0 Å². The van der Waals surface area contributed by atoms with Crippen LogP contribution in [0.15, 0.2) is 0 Å². The van der Waals surface area contributed by atoms with Crippen molar-refractivity contribution in [1.82, 2.24) is 4.90 Å². The molecule has 0 saturated carbocycles. The third-order valence-electron chi connectivity index (χ3n) is 2.50. The van der Waals surface area contributed by atoms with Crippen LogP contribution < -0.4 is 0 Å². The molecular formula is C13H21NO5. The molecule has 0 spiro atoms. The largest absolute Gasteiger partial charge is 0.444 e. The molecular weight excluding hydrogens is 250 g/mol. The maximum atomic E-state index is 11.9. The summed E-state index contributed by atoms with van der Waals surface area (Å²) in [7, 11) is 0. The number of ether oxygens (including phenoxy) is 2. The third-order valence-corrected chi connectivity index (χ3v) is 2.50. The maximum absolute atomic E-state index is 11.9. The molecule has 0 aromatic carbocycles. The van der Waals surface area contributed by atoms with E-state index in [0.29, 0.717) is 6.54 Å². The van der Waals surface area contributed by atoms with Gasteiger partial charge in [0, 0.05) is 6.54 Å². The lowest BCUT2D eigenvalue weighted by Gasteiger charge is -2.33. The first kappa shape index (κ1) is 15.6. The van der Waals surface area contributed by atoms with E-state index in [9.17, 15) is 14.4 Å². The van der Waals surface area contributed by atoms with Gasteiger partial charge in [0.15, 0.2) is 5.78 Å². The highest BCUT2D eigenvalue weighted by atomic mass is 16.6. The van der Waals surface area contributed by atoms with Gasteiger partial charge in [-0.25, -0.2) is 4.79 Å². The minimum Gasteiger partial charge on any atom is -0.444 e. The van der Waals surface area contributed by atoms with E-state index in [1.54, 1.807) is 20.8 Å². The van der Waals surface area contributed by atoms with Crippen LogP contribution in [-0.4, -0.2) is 54.0 Å². The number of carbonyl (C=O) groups excluding carboxylic acids is 3. The summed E-state index contributed by atoms with van der Waals surface area (Å²) in [5.74, 6) is -0.497. The number of hydrogen-bond acceptors (Lipinski definition) is 5.